The van der Waals surface area contributed by atoms with Gasteiger partial charge in [-0.2, -0.15) is 0 Å². The lowest BCUT2D eigenvalue weighted by Gasteiger charge is -2.17. The standard InChI is InChI=1S/C10H15NO2/c1-11(8-12-2)9-4-6-10(13-3)7-5-9/h4-7H,8H2,1-3H3. The normalized spacial score (nSPS) is 9.77. The summed E-state index contributed by atoms with van der Waals surface area (Å²) in [5.41, 5.74) is 1.11. The Labute approximate surface area is 78.9 Å². The van der Waals surface area contributed by atoms with Crippen molar-refractivity contribution in [3.8, 4) is 5.75 Å². The van der Waals surface area contributed by atoms with Crippen LogP contribution in [0.3, 0.4) is 0 Å². The molecule has 3 nitrogen and oxygen atoms in total. The van der Waals surface area contributed by atoms with Gasteiger partial charge in [-0.3, -0.25) is 0 Å². The minimum Gasteiger partial charge on any atom is -0.497 e. The van der Waals surface area contributed by atoms with Crippen LogP contribution in [0, 0.1) is 0 Å². The molecule has 13 heavy (non-hydrogen) atoms. The topological polar surface area (TPSA) is 21.7 Å². The summed E-state index contributed by atoms with van der Waals surface area (Å²) in [4.78, 5) is 2.01. The third-order valence-electron chi connectivity index (χ3n) is 1.84. The molecule has 0 unspecified atom stereocenters. The lowest BCUT2D eigenvalue weighted by molar-refractivity contribution is 0.202. The summed E-state index contributed by atoms with van der Waals surface area (Å²) in [5, 5.41) is 0. The minimum atomic E-state index is 0.590. The number of rotatable bonds is 4. The molecule has 0 aliphatic carbocycles. The van der Waals surface area contributed by atoms with Crippen molar-refractivity contribution in [1.82, 2.24) is 0 Å². The SMILES string of the molecule is COCN(C)c1ccc(OC)cc1. The summed E-state index contributed by atoms with van der Waals surface area (Å²) in [6, 6.07) is 7.86. The molecular formula is C10H15NO2. The fraction of sp³-hybridized carbons (Fsp3) is 0.400. The Morgan fingerprint density at radius 2 is 1.77 bits per heavy atom. The van der Waals surface area contributed by atoms with Crippen LogP contribution in [0.4, 0.5) is 5.69 Å². The van der Waals surface area contributed by atoms with Crippen LogP contribution in [0.5, 0.6) is 5.75 Å². The first-order valence-electron chi connectivity index (χ1n) is 4.12. The number of hydrogen-bond donors (Lipinski definition) is 0. The van der Waals surface area contributed by atoms with Gasteiger partial charge in [-0.25, -0.2) is 0 Å². The molecule has 0 N–H and O–H groups in total. The highest BCUT2D eigenvalue weighted by Crippen LogP contribution is 2.17. The van der Waals surface area contributed by atoms with Gasteiger partial charge in [0.15, 0.2) is 0 Å². The number of benzene rings is 1. The number of nitrogens with zero attached hydrogens (tertiary/aromatic N) is 1. The van der Waals surface area contributed by atoms with Crippen LogP contribution in [0.25, 0.3) is 0 Å². The molecule has 1 rings (SSSR count). The largest absolute Gasteiger partial charge is 0.497 e. The van der Waals surface area contributed by atoms with Crippen molar-refractivity contribution < 1.29 is 9.47 Å². The third-order valence-corrected chi connectivity index (χ3v) is 1.84. The zero-order valence-electron chi connectivity index (χ0n) is 8.28. The van der Waals surface area contributed by atoms with Crippen LogP contribution in [0.1, 0.15) is 0 Å². The number of hydrogen-bond acceptors (Lipinski definition) is 3. The second kappa shape index (κ2) is 4.72. The summed E-state index contributed by atoms with van der Waals surface area (Å²) in [6.45, 7) is 0.590. The molecule has 0 atom stereocenters. The van der Waals surface area contributed by atoms with Crippen molar-refractivity contribution in [2.24, 2.45) is 0 Å². The fourth-order valence-corrected chi connectivity index (χ4v) is 1.10. The minimum absolute atomic E-state index is 0.590. The summed E-state index contributed by atoms with van der Waals surface area (Å²) < 4.78 is 10.1. The van der Waals surface area contributed by atoms with E-state index < -0.39 is 0 Å². The fourth-order valence-electron chi connectivity index (χ4n) is 1.10. The zero-order valence-corrected chi connectivity index (χ0v) is 8.28. The van der Waals surface area contributed by atoms with Gasteiger partial charge in [0.1, 0.15) is 12.5 Å². The van der Waals surface area contributed by atoms with Gasteiger partial charge in [-0.05, 0) is 24.3 Å². The summed E-state index contributed by atoms with van der Waals surface area (Å²) >= 11 is 0. The summed E-state index contributed by atoms with van der Waals surface area (Å²) in [6.07, 6.45) is 0. The van der Waals surface area contributed by atoms with Gasteiger partial charge in [0.2, 0.25) is 0 Å². The highest BCUT2D eigenvalue weighted by molar-refractivity contribution is 5.47. The van der Waals surface area contributed by atoms with Crippen molar-refractivity contribution >= 4 is 5.69 Å². The molecule has 0 spiro atoms. The van der Waals surface area contributed by atoms with Gasteiger partial charge in [0, 0.05) is 19.8 Å². The molecule has 72 valence electrons. The molecule has 3 heteroatoms. The zero-order chi connectivity index (χ0) is 9.68. The van der Waals surface area contributed by atoms with E-state index in [4.69, 9.17) is 9.47 Å². The number of ether oxygens (including phenoxy) is 2. The van der Waals surface area contributed by atoms with Crippen LogP contribution in [0.15, 0.2) is 24.3 Å². The molecule has 1 aromatic rings. The maximum absolute atomic E-state index is 5.06. The molecule has 0 bridgehead atoms. The third kappa shape index (κ3) is 2.63. The second-order valence-electron chi connectivity index (χ2n) is 2.81. The van der Waals surface area contributed by atoms with E-state index in [9.17, 15) is 0 Å². The molecule has 0 aliphatic heterocycles. The molecule has 0 saturated heterocycles. The van der Waals surface area contributed by atoms with Gasteiger partial charge >= 0.3 is 0 Å². The van der Waals surface area contributed by atoms with Crippen molar-refractivity contribution in [3.05, 3.63) is 24.3 Å². The van der Waals surface area contributed by atoms with E-state index >= 15 is 0 Å². The predicted octanol–water partition coefficient (Wildman–Crippen LogP) is 1.74. The smallest absolute Gasteiger partial charge is 0.119 e. The number of anilines is 1. The lowest BCUT2D eigenvalue weighted by atomic mass is 10.3. The van der Waals surface area contributed by atoms with Crippen LogP contribution >= 0.6 is 0 Å². The molecule has 0 aromatic heterocycles. The Kier molecular flexibility index (Phi) is 3.58. The Balaban J connectivity index is 2.67. The molecule has 0 saturated carbocycles. The van der Waals surface area contributed by atoms with Gasteiger partial charge < -0.3 is 14.4 Å². The van der Waals surface area contributed by atoms with Gasteiger partial charge in [0.05, 0.1) is 7.11 Å². The van der Waals surface area contributed by atoms with Crippen molar-refractivity contribution in [1.29, 1.82) is 0 Å². The first-order valence-corrected chi connectivity index (χ1v) is 4.12. The molecule has 0 fully saturated rings. The molecule has 0 amide bonds. The van der Waals surface area contributed by atoms with Gasteiger partial charge in [-0.15, -0.1) is 0 Å². The second-order valence-corrected chi connectivity index (χ2v) is 2.81. The van der Waals surface area contributed by atoms with Crippen LogP contribution < -0.4 is 9.64 Å². The molecular weight excluding hydrogens is 166 g/mol. The Morgan fingerprint density at radius 1 is 1.15 bits per heavy atom. The highest BCUT2D eigenvalue weighted by Gasteiger charge is 1.98. The average molecular weight is 181 g/mol. The van der Waals surface area contributed by atoms with Crippen LogP contribution in [-0.2, 0) is 4.74 Å². The maximum Gasteiger partial charge on any atom is 0.119 e. The Hall–Kier alpha value is -1.22. The summed E-state index contributed by atoms with van der Waals surface area (Å²) in [7, 11) is 5.32. The van der Waals surface area contributed by atoms with Gasteiger partial charge in [-0.1, -0.05) is 0 Å². The first kappa shape index (κ1) is 9.86. The predicted molar refractivity (Wildman–Crippen MR) is 53.3 cm³/mol. The highest BCUT2D eigenvalue weighted by atomic mass is 16.5. The Bertz CT molecular complexity index is 246. The van der Waals surface area contributed by atoms with E-state index in [2.05, 4.69) is 0 Å². The van der Waals surface area contributed by atoms with Gasteiger partial charge in [0.25, 0.3) is 0 Å². The van der Waals surface area contributed by atoms with Crippen molar-refractivity contribution in [2.75, 3.05) is 32.9 Å². The summed E-state index contributed by atoms with van der Waals surface area (Å²) in [5.74, 6) is 0.870. The molecule has 0 aliphatic rings. The lowest BCUT2D eigenvalue weighted by Crippen LogP contribution is -2.19. The van der Waals surface area contributed by atoms with E-state index in [0.29, 0.717) is 6.73 Å². The van der Waals surface area contributed by atoms with Crippen LogP contribution in [0.2, 0.25) is 0 Å². The van der Waals surface area contributed by atoms with Crippen LogP contribution in [-0.4, -0.2) is 28.0 Å². The van der Waals surface area contributed by atoms with E-state index in [1.54, 1.807) is 14.2 Å². The molecule has 0 heterocycles. The molecule has 0 radical (unpaired) electrons. The van der Waals surface area contributed by atoms with Crippen molar-refractivity contribution in [2.45, 2.75) is 0 Å². The number of methoxy groups -OCH3 is 2. The quantitative estimate of drug-likeness (QED) is 0.660. The maximum atomic E-state index is 5.06. The van der Waals surface area contributed by atoms with E-state index in [0.717, 1.165) is 11.4 Å². The monoisotopic (exact) mass is 181 g/mol. The van der Waals surface area contributed by atoms with E-state index in [1.165, 1.54) is 0 Å². The first-order chi connectivity index (χ1) is 6.27. The van der Waals surface area contributed by atoms with Crippen molar-refractivity contribution in [3.63, 3.8) is 0 Å². The molecule has 1 aromatic carbocycles. The van der Waals surface area contributed by atoms with E-state index in [1.807, 2.05) is 36.2 Å². The Morgan fingerprint density at radius 3 is 2.23 bits per heavy atom. The van der Waals surface area contributed by atoms with E-state index in [-0.39, 0.29) is 0 Å². The average Bonchev–Trinajstić information content (AvgIpc) is 2.18.